The molecule has 0 saturated heterocycles. The average Bonchev–Trinajstić information content (AvgIpc) is 2.86. The maximum Gasteiger partial charge on any atom is 0.335 e. The van der Waals surface area contributed by atoms with Crippen molar-refractivity contribution in [2.75, 3.05) is 0 Å². The molecule has 1 atom stereocenters. The largest absolute Gasteiger partial charge is 0.478 e. The van der Waals surface area contributed by atoms with E-state index in [1.807, 2.05) is 68.4 Å². The first-order valence-electron chi connectivity index (χ1n) is 11.2. The van der Waals surface area contributed by atoms with Gasteiger partial charge in [-0.2, -0.15) is 0 Å². The van der Waals surface area contributed by atoms with Crippen molar-refractivity contribution < 1.29 is 15.1 Å². The maximum absolute atomic E-state index is 11.1. The number of aromatic nitrogens is 1. The molecule has 0 aliphatic carbocycles. The van der Waals surface area contributed by atoms with Crippen LogP contribution in [0.3, 0.4) is 0 Å². The van der Waals surface area contributed by atoms with E-state index in [0.29, 0.717) is 17.2 Å². The Balaban J connectivity index is 1.71. The third kappa shape index (κ3) is 5.58. The van der Waals surface area contributed by atoms with Crippen molar-refractivity contribution in [2.24, 2.45) is 5.16 Å². The Morgan fingerprint density at radius 2 is 1.57 bits per heavy atom. The monoisotopic (exact) mass is 484 g/mol. The SMILES string of the molecule is Cc1cc(/C(C[C@H](c2ccc(-c3ccc(C(=O)O)cc3)cc2)c2ccc(Cl)cc2C)=N\O)ccn1. The molecule has 176 valence electrons. The quantitative estimate of drug-likeness (QED) is 0.166. The van der Waals surface area contributed by atoms with Gasteiger partial charge in [-0.15, -0.1) is 0 Å². The summed E-state index contributed by atoms with van der Waals surface area (Å²) in [5.41, 5.74) is 7.64. The molecule has 0 unspecified atom stereocenters. The second-order valence-corrected chi connectivity index (χ2v) is 8.93. The minimum atomic E-state index is -0.946. The molecule has 0 saturated carbocycles. The van der Waals surface area contributed by atoms with E-state index in [-0.39, 0.29) is 11.5 Å². The highest BCUT2D eigenvalue weighted by molar-refractivity contribution is 6.30. The van der Waals surface area contributed by atoms with Gasteiger partial charge >= 0.3 is 5.97 Å². The average molecular weight is 485 g/mol. The van der Waals surface area contributed by atoms with E-state index in [4.69, 9.17) is 16.7 Å². The molecular weight excluding hydrogens is 460 g/mol. The molecule has 0 aliphatic heterocycles. The zero-order valence-corrected chi connectivity index (χ0v) is 20.2. The topological polar surface area (TPSA) is 82.8 Å². The lowest BCUT2D eigenvalue weighted by atomic mass is 9.83. The van der Waals surface area contributed by atoms with Gasteiger partial charge in [0.05, 0.1) is 11.3 Å². The molecule has 5 nitrogen and oxygen atoms in total. The first kappa shape index (κ1) is 24.2. The first-order chi connectivity index (χ1) is 16.9. The van der Waals surface area contributed by atoms with Gasteiger partial charge in [-0.05, 0) is 78.1 Å². The van der Waals surface area contributed by atoms with Crippen LogP contribution >= 0.6 is 11.6 Å². The summed E-state index contributed by atoms with van der Waals surface area (Å²) in [5, 5.41) is 23.3. The Kier molecular flexibility index (Phi) is 7.28. The van der Waals surface area contributed by atoms with Crippen LogP contribution in [0.5, 0.6) is 0 Å². The van der Waals surface area contributed by atoms with E-state index in [2.05, 4.69) is 22.3 Å². The number of aryl methyl sites for hydroxylation is 2. The first-order valence-corrected chi connectivity index (χ1v) is 11.6. The number of carbonyl (C=O) groups is 1. The van der Waals surface area contributed by atoms with Gasteiger partial charge < -0.3 is 10.3 Å². The van der Waals surface area contributed by atoms with Crippen LogP contribution in [0.25, 0.3) is 11.1 Å². The maximum atomic E-state index is 11.1. The Hall–Kier alpha value is -3.96. The number of hydrogen-bond acceptors (Lipinski definition) is 4. The number of halogens is 1. The van der Waals surface area contributed by atoms with E-state index >= 15 is 0 Å². The molecule has 35 heavy (non-hydrogen) atoms. The zero-order valence-electron chi connectivity index (χ0n) is 19.4. The van der Waals surface area contributed by atoms with Crippen LogP contribution in [-0.2, 0) is 0 Å². The lowest BCUT2D eigenvalue weighted by molar-refractivity contribution is 0.0697. The molecule has 4 rings (SSSR count). The highest BCUT2D eigenvalue weighted by Crippen LogP contribution is 2.34. The van der Waals surface area contributed by atoms with Crippen LogP contribution in [0, 0.1) is 13.8 Å². The Morgan fingerprint density at radius 1 is 0.914 bits per heavy atom. The fraction of sp³-hybridized carbons (Fsp3) is 0.138. The van der Waals surface area contributed by atoms with E-state index in [9.17, 15) is 10.0 Å². The van der Waals surface area contributed by atoms with E-state index < -0.39 is 5.97 Å². The van der Waals surface area contributed by atoms with Crippen molar-refractivity contribution in [3.05, 3.63) is 124 Å². The zero-order chi connectivity index (χ0) is 24.9. The van der Waals surface area contributed by atoms with Crippen LogP contribution in [-0.4, -0.2) is 27.0 Å². The Bertz CT molecular complexity index is 1380. The van der Waals surface area contributed by atoms with E-state index in [1.165, 1.54) is 0 Å². The van der Waals surface area contributed by atoms with Crippen LogP contribution in [0.1, 0.15) is 50.6 Å². The summed E-state index contributed by atoms with van der Waals surface area (Å²) in [6, 6.07) is 24.6. The van der Waals surface area contributed by atoms with Gasteiger partial charge in [0, 0.05) is 34.8 Å². The van der Waals surface area contributed by atoms with Crippen LogP contribution < -0.4 is 0 Å². The summed E-state index contributed by atoms with van der Waals surface area (Å²) in [6.07, 6.45) is 2.19. The van der Waals surface area contributed by atoms with Crippen molar-refractivity contribution in [3.63, 3.8) is 0 Å². The number of rotatable bonds is 7. The van der Waals surface area contributed by atoms with E-state index in [0.717, 1.165) is 39.1 Å². The lowest BCUT2D eigenvalue weighted by Gasteiger charge is -2.21. The second kappa shape index (κ2) is 10.5. The van der Waals surface area contributed by atoms with Crippen LogP contribution in [0.15, 0.2) is 90.2 Å². The summed E-state index contributed by atoms with van der Waals surface area (Å²) in [4.78, 5) is 15.4. The van der Waals surface area contributed by atoms with E-state index in [1.54, 1.807) is 18.3 Å². The van der Waals surface area contributed by atoms with Gasteiger partial charge in [-0.3, -0.25) is 4.98 Å². The summed E-state index contributed by atoms with van der Waals surface area (Å²) in [7, 11) is 0. The summed E-state index contributed by atoms with van der Waals surface area (Å²) in [6.45, 7) is 3.93. The number of oxime groups is 1. The number of pyridine rings is 1. The number of hydrogen-bond donors (Lipinski definition) is 2. The minimum absolute atomic E-state index is 0.0740. The van der Waals surface area contributed by atoms with Crippen molar-refractivity contribution in [3.8, 4) is 11.1 Å². The van der Waals surface area contributed by atoms with Gasteiger partial charge in [0.15, 0.2) is 0 Å². The lowest BCUT2D eigenvalue weighted by Crippen LogP contribution is -2.12. The predicted molar refractivity (Wildman–Crippen MR) is 139 cm³/mol. The standard InChI is InChI=1S/C29H25ClN2O3/c1-18-15-25(30)11-12-26(18)27(17-28(32-35)24-13-14-31-19(2)16-24)22-7-3-20(4-8-22)21-5-9-23(10-6-21)29(33)34/h3-16,27,35H,17H2,1-2H3,(H,33,34)/b32-28-/t27-/m1/s1. The van der Waals surface area contributed by atoms with Gasteiger partial charge in [0.25, 0.3) is 0 Å². The molecule has 6 heteroatoms. The van der Waals surface area contributed by atoms with Crippen molar-refractivity contribution in [2.45, 2.75) is 26.2 Å². The second-order valence-electron chi connectivity index (χ2n) is 8.49. The molecule has 0 fully saturated rings. The molecule has 4 aromatic rings. The number of nitrogens with zero attached hydrogens (tertiary/aromatic N) is 2. The fourth-order valence-electron chi connectivity index (χ4n) is 4.29. The van der Waals surface area contributed by atoms with Gasteiger partial charge in [0.1, 0.15) is 0 Å². The van der Waals surface area contributed by atoms with Crippen LogP contribution in [0.4, 0.5) is 0 Å². The number of benzene rings is 3. The molecule has 0 amide bonds. The van der Waals surface area contributed by atoms with Crippen LogP contribution in [0.2, 0.25) is 5.02 Å². The third-order valence-electron chi connectivity index (χ3n) is 6.13. The molecule has 1 heterocycles. The molecular formula is C29H25ClN2O3. The number of carboxylic acids is 1. The minimum Gasteiger partial charge on any atom is -0.478 e. The summed E-state index contributed by atoms with van der Waals surface area (Å²) < 4.78 is 0. The molecule has 2 N–H and O–H groups in total. The molecule has 0 radical (unpaired) electrons. The van der Waals surface area contributed by atoms with Gasteiger partial charge in [-0.1, -0.05) is 59.2 Å². The number of carboxylic acid groups (broad SMARTS) is 1. The molecule has 0 spiro atoms. The van der Waals surface area contributed by atoms with Crippen molar-refractivity contribution in [1.82, 2.24) is 4.98 Å². The Labute approximate surface area is 209 Å². The molecule has 1 aromatic heterocycles. The highest BCUT2D eigenvalue weighted by atomic mass is 35.5. The van der Waals surface area contributed by atoms with Crippen molar-refractivity contribution in [1.29, 1.82) is 0 Å². The number of aromatic carboxylic acids is 1. The highest BCUT2D eigenvalue weighted by Gasteiger charge is 2.21. The fourth-order valence-corrected chi connectivity index (χ4v) is 4.51. The molecule has 0 aliphatic rings. The smallest absolute Gasteiger partial charge is 0.335 e. The summed E-state index contributed by atoms with van der Waals surface area (Å²) >= 11 is 6.23. The van der Waals surface area contributed by atoms with Gasteiger partial charge in [0.2, 0.25) is 0 Å². The molecule has 0 bridgehead atoms. The van der Waals surface area contributed by atoms with Crippen molar-refractivity contribution >= 4 is 23.3 Å². The predicted octanol–water partition coefficient (Wildman–Crippen LogP) is 7.12. The normalized spacial score (nSPS) is 12.4. The Morgan fingerprint density at radius 3 is 2.14 bits per heavy atom. The summed E-state index contributed by atoms with van der Waals surface area (Å²) in [5.74, 6) is -1.02. The molecule has 3 aromatic carbocycles. The van der Waals surface area contributed by atoms with Gasteiger partial charge in [-0.25, -0.2) is 4.79 Å². The third-order valence-corrected chi connectivity index (χ3v) is 6.37.